The van der Waals surface area contributed by atoms with E-state index in [0.717, 1.165) is 34.4 Å². The highest BCUT2D eigenvalue weighted by Gasteiger charge is 2.30. The lowest BCUT2D eigenvalue weighted by Crippen LogP contribution is -2.41. The molecule has 1 atom stereocenters. The van der Waals surface area contributed by atoms with Gasteiger partial charge in [0.1, 0.15) is 30.2 Å². The molecule has 1 N–H and O–H groups in total. The number of hydrogen-bond acceptors (Lipinski definition) is 5. The summed E-state index contributed by atoms with van der Waals surface area (Å²) in [6.07, 6.45) is 6.61. The second kappa shape index (κ2) is 10.9. The van der Waals surface area contributed by atoms with Crippen LogP contribution in [0.5, 0.6) is 5.75 Å². The van der Waals surface area contributed by atoms with Gasteiger partial charge in [-0.25, -0.2) is 4.39 Å². The van der Waals surface area contributed by atoms with Crippen LogP contribution in [0.15, 0.2) is 66.8 Å². The second-order valence-electron chi connectivity index (χ2n) is 9.68. The monoisotopic (exact) mass is 546 g/mol. The maximum atomic E-state index is 14.7. The topological polar surface area (TPSA) is 76.5 Å². The molecule has 5 rings (SSSR count). The molecule has 0 spiro atoms. The van der Waals surface area contributed by atoms with Crippen LogP contribution in [0.25, 0.3) is 17.0 Å². The molecule has 1 aromatic heterocycles. The van der Waals surface area contributed by atoms with Crippen molar-refractivity contribution >= 4 is 29.5 Å². The maximum absolute atomic E-state index is 14.7. The number of ether oxygens (including phenoxy) is 1. The Morgan fingerprint density at radius 2 is 2.15 bits per heavy atom. The van der Waals surface area contributed by atoms with Crippen molar-refractivity contribution in [3.63, 3.8) is 0 Å². The van der Waals surface area contributed by atoms with Crippen LogP contribution in [-0.4, -0.2) is 39.5 Å². The summed E-state index contributed by atoms with van der Waals surface area (Å²) < 4.78 is 22.5. The molecule has 2 aromatic carbocycles. The fraction of sp³-hybridized carbons (Fsp3) is 0.233. The maximum Gasteiger partial charge on any atom is 0.240 e. The Balaban J connectivity index is 1.47. The predicted molar refractivity (Wildman–Crippen MR) is 148 cm³/mol. The molecule has 7 nitrogen and oxygen atoms in total. The zero-order valence-corrected chi connectivity index (χ0v) is 22.5. The van der Waals surface area contributed by atoms with E-state index in [1.54, 1.807) is 39.9 Å². The van der Waals surface area contributed by atoms with E-state index in [1.807, 2.05) is 32.2 Å². The van der Waals surface area contributed by atoms with E-state index < -0.39 is 0 Å². The van der Waals surface area contributed by atoms with Gasteiger partial charge in [0.2, 0.25) is 5.91 Å². The van der Waals surface area contributed by atoms with Gasteiger partial charge < -0.3 is 15.0 Å². The molecule has 1 amide bonds. The summed E-state index contributed by atoms with van der Waals surface area (Å²) in [5.41, 5.74) is 5.37. The molecular formula is C30H28ClFN4O3. The number of aryl methyl sites for hydroxylation is 2. The number of rotatable bonds is 8. The van der Waals surface area contributed by atoms with Crippen molar-refractivity contribution < 1.29 is 18.7 Å². The van der Waals surface area contributed by atoms with Gasteiger partial charge in [-0.15, -0.1) is 0 Å². The molecule has 1 unspecified atom stereocenters. The summed E-state index contributed by atoms with van der Waals surface area (Å²) in [5, 5.41) is 8.28. The molecule has 0 saturated heterocycles. The molecule has 1 aliphatic heterocycles. The predicted octanol–water partition coefficient (Wildman–Crippen LogP) is 5.12. The van der Waals surface area contributed by atoms with Crippen LogP contribution in [-0.2, 0) is 29.8 Å². The second-order valence-corrected chi connectivity index (χ2v) is 10.1. The number of nitrogens with one attached hydrogen (secondary N) is 1. The van der Waals surface area contributed by atoms with Crippen molar-refractivity contribution in [2.75, 3.05) is 6.54 Å². The lowest BCUT2D eigenvalue weighted by molar-refractivity contribution is -0.122. The molecule has 0 fully saturated rings. The standard InChI is InChI=1S/C30H28ClFN4O3/c1-18-11-22(31)13-24-29-25(17-39-30(18)24)28(34-35(29)3)19(2)36(14-21-8-4-5-10-26(21)32)15-27(38)33-23-9-6-7-20(12-23)16-37/h4-8,10-13,16,23H,2,9,14-15,17H2,1,3H3,(H,33,38). The van der Waals surface area contributed by atoms with Crippen molar-refractivity contribution in [1.29, 1.82) is 0 Å². The summed E-state index contributed by atoms with van der Waals surface area (Å²) >= 11 is 6.36. The Morgan fingerprint density at radius 3 is 2.92 bits per heavy atom. The van der Waals surface area contributed by atoms with E-state index in [1.165, 1.54) is 6.07 Å². The number of amides is 1. The van der Waals surface area contributed by atoms with E-state index in [4.69, 9.17) is 21.4 Å². The number of halogens is 2. The van der Waals surface area contributed by atoms with Crippen molar-refractivity contribution in [3.8, 4) is 17.0 Å². The Bertz CT molecular complexity index is 1540. The van der Waals surface area contributed by atoms with Gasteiger partial charge in [-0.1, -0.05) is 54.6 Å². The van der Waals surface area contributed by atoms with Crippen molar-refractivity contribution in [3.05, 3.63) is 100 Å². The first-order valence-corrected chi connectivity index (χ1v) is 12.9. The number of carbonyl (C=O) groups excluding carboxylic acids is 2. The van der Waals surface area contributed by atoms with E-state index in [0.29, 0.717) is 34.0 Å². The van der Waals surface area contributed by atoms with Crippen LogP contribution in [0.4, 0.5) is 4.39 Å². The highest BCUT2D eigenvalue weighted by Crippen LogP contribution is 2.43. The molecule has 0 radical (unpaired) electrons. The van der Waals surface area contributed by atoms with Gasteiger partial charge in [0.05, 0.1) is 24.0 Å². The molecule has 0 saturated carbocycles. The summed E-state index contributed by atoms with van der Waals surface area (Å²) in [7, 11) is 1.84. The number of benzene rings is 2. The molecule has 200 valence electrons. The van der Waals surface area contributed by atoms with Gasteiger partial charge in [0, 0.05) is 40.9 Å². The number of allylic oxidation sites excluding steroid dienone is 2. The molecule has 1 aliphatic carbocycles. The average Bonchev–Trinajstić information content (AvgIpc) is 3.25. The lowest BCUT2D eigenvalue weighted by Gasteiger charge is -2.28. The van der Waals surface area contributed by atoms with Gasteiger partial charge in [-0.3, -0.25) is 14.3 Å². The SMILES string of the molecule is C=C(c1nn(C)c2c1COc1c(C)cc(Cl)cc1-2)N(CC(=O)NC1C=C(C=O)C=CC1)Cc1ccccc1F. The first-order chi connectivity index (χ1) is 18.7. The fourth-order valence-corrected chi connectivity index (χ4v) is 5.33. The molecule has 3 aromatic rings. The van der Waals surface area contributed by atoms with Crippen LogP contribution in [0.1, 0.15) is 28.8 Å². The average molecular weight is 547 g/mol. The van der Waals surface area contributed by atoms with Gasteiger partial charge >= 0.3 is 0 Å². The number of hydrogen-bond donors (Lipinski definition) is 1. The minimum Gasteiger partial charge on any atom is -0.488 e. The molecule has 39 heavy (non-hydrogen) atoms. The Kier molecular flexibility index (Phi) is 7.39. The molecule has 2 heterocycles. The van der Waals surface area contributed by atoms with Crippen LogP contribution >= 0.6 is 11.6 Å². The first-order valence-electron chi connectivity index (χ1n) is 12.5. The zero-order chi connectivity index (χ0) is 27.7. The number of carbonyl (C=O) groups is 2. The van der Waals surface area contributed by atoms with E-state index in [9.17, 15) is 14.0 Å². The third kappa shape index (κ3) is 5.38. The van der Waals surface area contributed by atoms with Crippen LogP contribution in [0, 0.1) is 12.7 Å². The molecule has 2 aliphatic rings. The lowest BCUT2D eigenvalue weighted by atomic mass is 9.99. The summed E-state index contributed by atoms with van der Waals surface area (Å²) in [5.74, 6) is 0.0825. The van der Waals surface area contributed by atoms with Crippen molar-refractivity contribution in [2.45, 2.75) is 32.5 Å². The van der Waals surface area contributed by atoms with Crippen molar-refractivity contribution in [2.24, 2.45) is 7.05 Å². The smallest absolute Gasteiger partial charge is 0.240 e. The Hall–Kier alpha value is -4.17. The molecular weight excluding hydrogens is 519 g/mol. The summed E-state index contributed by atoms with van der Waals surface area (Å²) in [4.78, 5) is 26.0. The van der Waals surface area contributed by atoms with Crippen LogP contribution < -0.4 is 10.1 Å². The minimum absolute atomic E-state index is 0.0919. The zero-order valence-electron chi connectivity index (χ0n) is 21.7. The Labute approximate surface area is 231 Å². The first kappa shape index (κ1) is 26.4. The summed E-state index contributed by atoms with van der Waals surface area (Å²) in [6.45, 7) is 6.50. The highest BCUT2D eigenvalue weighted by molar-refractivity contribution is 6.31. The minimum atomic E-state index is -0.378. The van der Waals surface area contributed by atoms with E-state index in [2.05, 4.69) is 11.9 Å². The van der Waals surface area contributed by atoms with Gasteiger partial charge in [0.25, 0.3) is 0 Å². The third-order valence-electron chi connectivity index (χ3n) is 6.89. The number of fused-ring (bicyclic) bond motifs is 3. The van der Waals surface area contributed by atoms with Crippen LogP contribution in [0.2, 0.25) is 5.02 Å². The fourth-order valence-electron chi connectivity index (χ4n) is 5.06. The van der Waals surface area contributed by atoms with Gasteiger partial charge in [-0.2, -0.15) is 5.10 Å². The normalized spacial score (nSPS) is 15.5. The van der Waals surface area contributed by atoms with Crippen LogP contribution in [0.3, 0.4) is 0 Å². The van der Waals surface area contributed by atoms with E-state index >= 15 is 0 Å². The van der Waals surface area contributed by atoms with E-state index in [-0.39, 0.29) is 37.5 Å². The van der Waals surface area contributed by atoms with Crippen molar-refractivity contribution in [1.82, 2.24) is 20.0 Å². The highest BCUT2D eigenvalue weighted by atomic mass is 35.5. The Morgan fingerprint density at radius 1 is 1.36 bits per heavy atom. The largest absolute Gasteiger partial charge is 0.488 e. The van der Waals surface area contributed by atoms with Gasteiger partial charge in [0.15, 0.2) is 0 Å². The number of nitrogens with zero attached hydrogens (tertiary/aromatic N) is 3. The molecule has 9 heteroatoms. The summed E-state index contributed by atoms with van der Waals surface area (Å²) in [6, 6.07) is 9.82. The quantitative estimate of drug-likeness (QED) is 0.397. The third-order valence-corrected chi connectivity index (χ3v) is 7.10. The number of aromatic nitrogens is 2. The number of aldehydes is 1. The van der Waals surface area contributed by atoms with Gasteiger partial charge in [-0.05, 0) is 37.1 Å². The molecule has 0 bridgehead atoms.